The highest BCUT2D eigenvalue weighted by atomic mass is 32.2. The highest BCUT2D eigenvalue weighted by molar-refractivity contribution is 7.98. The highest BCUT2D eigenvalue weighted by Crippen LogP contribution is 2.37. The number of piperazine rings is 1. The maximum absolute atomic E-state index is 13.3. The van der Waals surface area contributed by atoms with E-state index in [9.17, 15) is 9.90 Å². The Morgan fingerprint density at radius 1 is 1.12 bits per heavy atom. The van der Waals surface area contributed by atoms with E-state index < -0.39 is 5.60 Å². The number of fused-ring (bicyclic) bond motifs is 1. The average molecular weight is 455 g/mol. The molecule has 0 spiro atoms. The molecule has 2 aliphatic rings. The SMILES string of the molecule is COc1cc(N2CCN3CC(c4ccc(SC)cc4)C=C3C2=O)ccc1OCC(C)(C)O. The molecule has 1 fully saturated rings. The molecular weight excluding hydrogens is 424 g/mol. The second kappa shape index (κ2) is 9.08. The standard InChI is InChI=1S/C25H30N2O4S/c1-25(2,29)16-31-22-10-7-19(14-23(22)30-3)27-12-11-26-15-18(13-21(26)24(27)28)17-5-8-20(32-4)9-6-17/h5-10,13-14,18,29H,11-12,15-16H2,1-4H3. The predicted octanol–water partition coefficient (Wildman–Crippen LogP) is 3.90. The number of carbonyl (C=O) groups excluding carboxylic acids is 1. The van der Waals surface area contributed by atoms with E-state index in [-0.39, 0.29) is 18.4 Å². The quantitative estimate of drug-likeness (QED) is 0.641. The number of hydrogen-bond donors (Lipinski definition) is 1. The van der Waals surface area contributed by atoms with Crippen molar-refractivity contribution >= 4 is 23.4 Å². The number of thioether (sulfide) groups is 1. The smallest absolute Gasteiger partial charge is 0.274 e. The Labute approximate surface area is 193 Å². The monoisotopic (exact) mass is 454 g/mol. The van der Waals surface area contributed by atoms with Crippen LogP contribution in [0.15, 0.2) is 59.1 Å². The molecule has 7 heteroatoms. The maximum Gasteiger partial charge on any atom is 0.274 e. The molecule has 32 heavy (non-hydrogen) atoms. The van der Waals surface area contributed by atoms with Crippen molar-refractivity contribution in [3.63, 3.8) is 0 Å². The molecule has 2 aromatic rings. The second-order valence-electron chi connectivity index (χ2n) is 8.77. The second-order valence-corrected chi connectivity index (χ2v) is 9.65. The largest absolute Gasteiger partial charge is 0.493 e. The Morgan fingerprint density at radius 2 is 1.88 bits per heavy atom. The van der Waals surface area contributed by atoms with Crippen LogP contribution in [0.25, 0.3) is 0 Å². The fourth-order valence-corrected chi connectivity index (χ4v) is 4.47. The van der Waals surface area contributed by atoms with Crippen LogP contribution in [0.5, 0.6) is 11.5 Å². The summed E-state index contributed by atoms with van der Waals surface area (Å²) < 4.78 is 11.2. The topological polar surface area (TPSA) is 62.2 Å². The molecule has 0 radical (unpaired) electrons. The first kappa shape index (κ1) is 22.6. The number of methoxy groups -OCH3 is 1. The summed E-state index contributed by atoms with van der Waals surface area (Å²) in [7, 11) is 1.57. The van der Waals surface area contributed by atoms with Crippen LogP contribution < -0.4 is 14.4 Å². The Kier molecular flexibility index (Phi) is 6.40. The summed E-state index contributed by atoms with van der Waals surface area (Å²) >= 11 is 1.73. The van der Waals surface area contributed by atoms with Crippen molar-refractivity contribution in [1.29, 1.82) is 0 Å². The van der Waals surface area contributed by atoms with Crippen LogP contribution in [0.2, 0.25) is 0 Å². The lowest BCUT2D eigenvalue weighted by Gasteiger charge is -2.35. The van der Waals surface area contributed by atoms with Crippen LogP contribution in [0.1, 0.15) is 25.3 Å². The summed E-state index contributed by atoms with van der Waals surface area (Å²) in [5, 5.41) is 9.92. The first-order chi connectivity index (χ1) is 15.3. The van der Waals surface area contributed by atoms with E-state index >= 15 is 0 Å². The number of amides is 1. The first-order valence-corrected chi connectivity index (χ1v) is 12.0. The summed E-state index contributed by atoms with van der Waals surface area (Å²) in [5.74, 6) is 1.30. The van der Waals surface area contributed by atoms with Crippen LogP contribution in [0.3, 0.4) is 0 Å². The zero-order valence-electron chi connectivity index (χ0n) is 19.0. The van der Waals surface area contributed by atoms with Crippen LogP contribution in [-0.4, -0.2) is 61.1 Å². The molecule has 0 aromatic heterocycles. The van der Waals surface area contributed by atoms with E-state index in [4.69, 9.17) is 9.47 Å². The van der Waals surface area contributed by atoms with Crippen LogP contribution in [0.4, 0.5) is 5.69 Å². The molecule has 0 saturated carbocycles. The molecule has 2 aliphatic heterocycles. The first-order valence-electron chi connectivity index (χ1n) is 10.7. The minimum atomic E-state index is -0.947. The zero-order valence-corrected chi connectivity index (χ0v) is 19.8. The normalized spacial score (nSPS) is 18.5. The maximum atomic E-state index is 13.3. The molecule has 2 aromatic carbocycles. The molecule has 2 heterocycles. The van der Waals surface area contributed by atoms with Gasteiger partial charge in [0.25, 0.3) is 5.91 Å². The Balaban J connectivity index is 1.53. The fraction of sp³-hybridized carbons (Fsp3) is 0.400. The van der Waals surface area contributed by atoms with E-state index in [2.05, 4.69) is 41.5 Å². The number of rotatable bonds is 7. The number of benzene rings is 2. The Hall–Kier alpha value is -2.64. The van der Waals surface area contributed by atoms with Crippen molar-refractivity contribution in [3.05, 3.63) is 59.8 Å². The van der Waals surface area contributed by atoms with Gasteiger partial charge in [-0.25, -0.2) is 0 Å². The summed E-state index contributed by atoms with van der Waals surface area (Å²) in [6.07, 6.45) is 4.17. The lowest BCUT2D eigenvalue weighted by Crippen LogP contribution is -2.47. The van der Waals surface area contributed by atoms with Gasteiger partial charge in [0.15, 0.2) is 11.5 Å². The molecule has 1 amide bonds. The van der Waals surface area contributed by atoms with Crippen molar-refractivity contribution in [3.8, 4) is 11.5 Å². The number of nitrogens with zero attached hydrogens (tertiary/aromatic N) is 2. The average Bonchev–Trinajstić information content (AvgIpc) is 3.23. The van der Waals surface area contributed by atoms with Crippen molar-refractivity contribution < 1.29 is 19.4 Å². The van der Waals surface area contributed by atoms with E-state index in [0.717, 1.165) is 24.5 Å². The summed E-state index contributed by atoms with van der Waals surface area (Å²) in [5.41, 5.74) is 1.82. The molecule has 170 valence electrons. The molecule has 1 atom stereocenters. The van der Waals surface area contributed by atoms with Gasteiger partial charge in [-0.2, -0.15) is 0 Å². The number of anilines is 1. The van der Waals surface area contributed by atoms with Gasteiger partial charge in [-0.15, -0.1) is 11.8 Å². The Bertz CT molecular complexity index is 1010. The van der Waals surface area contributed by atoms with Crippen LogP contribution in [0, 0.1) is 0 Å². The molecule has 4 rings (SSSR count). The van der Waals surface area contributed by atoms with Crippen molar-refractivity contribution in [2.24, 2.45) is 0 Å². The van der Waals surface area contributed by atoms with Gasteiger partial charge in [0.1, 0.15) is 6.61 Å². The third kappa shape index (κ3) is 4.74. The molecule has 1 unspecified atom stereocenters. The highest BCUT2D eigenvalue weighted by Gasteiger charge is 2.36. The Morgan fingerprint density at radius 3 is 2.53 bits per heavy atom. The van der Waals surface area contributed by atoms with Gasteiger partial charge in [-0.1, -0.05) is 12.1 Å². The van der Waals surface area contributed by atoms with E-state index in [1.54, 1.807) is 43.7 Å². The number of aliphatic hydroxyl groups is 1. The lowest BCUT2D eigenvalue weighted by atomic mass is 10.0. The zero-order chi connectivity index (χ0) is 22.9. The van der Waals surface area contributed by atoms with Gasteiger partial charge in [-0.3, -0.25) is 4.79 Å². The predicted molar refractivity (Wildman–Crippen MR) is 128 cm³/mol. The van der Waals surface area contributed by atoms with Gasteiger partial charge in [0, 0.05) is 42.2 Å². The van der Waals surface area contributed by atoms with Crippen molar-refractivity contribution in [1.82, 2.24) is 4.90 Å². The summed E-state index contributed by atoms with van der Waals surface area (Å²) in [4.78, 5) is 18.6. The van der Waals surface area contributed by atoms with Crippen molar-refractivity contribution in [2.75, 3.05) is 44.5 Å². The summed E-state index contributed by atoms with van der Waals surface area (Å²) in [6, 6.07) is 14.1. The van der Waals surface area contributed by atoms with Crippen LogP contribution in [-0.2, 0) is 4.79 Å². The summed E-state index contributed by atoms with van der Waals surface area (Å²) in [6.45, 7) is 5.75. The number of ether oxygens (including phenoxy) is 2. The van der Waals surface area contributed by atoms with Gasteiger partial charge in [0.2, 0.25) is 0 Å². The number of hydrogen-bond acceptors (Lipinski definition) is 6. The van der Waals surface area contributed by atoms with Crippen molar-refractivity contribution in [2.45, 2.75) is 30.3 Å². The van der Waals surface area contributed by atoms with E-state index in [0.29, 0.717) is 18.0 Å². The van der Waals surface area contributed by atoms with Gasteiger partial charge in [0.05, 0.1) is 18.4 Å². The fourth-order valence-electron chi connectivity index (χ4n) is 4.06. The van der Waals surface area contributed by atoms with Gasteiger partial charge in [-0.05, 0) is 56.0 Å². The number of carbonyl (C=O) groups is 1. The molecule has 0 bridgehead atoms. The lowest BCUT2D eigenvalue weighted by molar-refractivity contribution is -0.117. The molecule has 0 aliphatic carbocycles. The van der Waals surface area contributed by atoms with Crippen LogP contribution >= 0.6 is 11.8 Å². The third-order valence-electron chi connectivity index (χ3n) is 5.76. The molecule has 1 N–H and O–H groups in total. The van der Waals surface area contributed by atoms with Gasteiger partial charge < -0.3 is 24.4 Å². The minimum absolute atomic E-state index is 0.00620. The molecular formula is C25H30N2O4S. The molecule has 6 nitrogen and oxygen atoms in total. The third-order valence-corrected chi connectivity index (χ3v) is 6.50. The van der Waals surface area contributed by atoms with E-state index in [1.807, 2.05) is 12.1 Å². The van der Waals surface area contributed by atoms with E-state index in [1.165, 1.54) is 10.5 Å². The van der Waals surface area contributed by atoms with Gasteiger partial charge >= 0.3 is 0 Å². The molecule has 1 saturated heterocycles. The minimum Gasteiger partial charge on any atom is -0.493 e.